The first-order valence-electron chi connectivity index (χ1n) is 6.62. The zero-order valence-electron chi connectivity index (χ0n) is 11.3. The number of carbonyl (C=O) groups excluding carboxylic acids is 1. The van der Waals surface area contributed by atoms with E-state index >= 15 is 0 Å². The van der Waals surface area contributed by atoms with Crippen LogP contribution in [0.15, 0.2) is 12.4 Å². The molecule has 0 aromatic carbocycles. The van der Waals surface area contributed by atoms with Gasteiger partial charge in [-0.2, -0.15) is 5.10 Å². The lowest BCUT2D eigenvalue weighted by molar-refractivity contribution is -0.385. The van der Waals surface area contributed by atoms with Crippen LogP contribution in [-0.2, 0) is 16.1 Å². The molecule has 1 aromatic rings. The number of amides is 1. The second kappa shape index (κ2) is 6.33. The maximum absolute atomic E-state index is 12.1. The Labute approximate surface area is 120 Å². The van der Waals surface area contributed by atoms with E-state index in [1.54, 1.807) is 4.90 Å². The van der Waals surface area contributed by atoms with Crippen molar-refractivity contribution in [2.24, 2.45) is 5.92 Å². The van der Waals surface area contributed by atoms with Crippen LogP contribution in [0, 0.1) is 16.0 Å². The van der Waals surface area contributed by atoms with Crippen LogP contribution in [0.4, 0.5) is 5.69 Å². The molecule has 0 saturated carbocycles. The van der Waals surface area contributed by atoms with Crippen LogP contribution in [0.25, 0.3) is 0 Å². The van der Waals surface area contributed by atoms with Gasteiger partial charge in [0.2, 0.25) is 5.91 Å². The highest BCUT2D eigenvalue weighted by Crippen LogP contribution is 2.20. The van der Waals surface area contributed by atoms with Crippen LogP contribution in [0.2, 0.25) is 0 Å². The fourth-order valence-electron chi connectivity index (χ4n) is 2.48. The number of carboxylic acid groups (broad SMARTS) is 1. The third kappa shape index (κ3) is 4.01. The molecule has 114 valence electrons. The largest absolute Gasteiger partial charge is 0.481 e. The topological polar surface area (TPSA) is 119 Å². The van der Waals surface area contributed by atoms with Gasteiger partial charge in [0.25, 0.3) is 0 Å². The molecule has 1 fully saturated rings. The number of nitrogens with zero attached hydrogens (tertiary/aromatic N) is 4. The summed E-state index contributed by atoms with van der Waals surface area (Å²) in [7, 11) is 0. The highest BCUT2D eigenvalue weighted by Gasteiger charge is 2.25. The summed E-state index contributed by atoms with van der Waals surface area (Å²) in [5.74, 6) is -1.10. The summed E-state index contributed by atoms with van der Waals surface area (Å²) >= 11 is 0. The first kappa shape index (κ1) is 14.9. The van der Waals surface area contributed by atoms with Gasteiger partial charge in [0, 0.05) is 19.5 Å². The van der Waals surface area contributed by atoms with E-state index in [-0.39, 0.29) is 30.5 Å². The molecule has 1 N–H and O–H groups in total. The van der Waals surface area contributed by atoms with Gasteiger partial charge in [-0.05, 0) is 18.8 Å². The van der Waals surface area contributed by atoms with E-state index in [4.69, 9.17) is 5.11 Å². The SMILES string of the molecule is O=C(O)CC1CCCN(C(=O)Cn2cc([N+](=O)[O-])cn2)C1. The quantitative estimate of drug-likeness (QED) is 0.624. The Morgan fingerprint density at radius 1 is 1.52 bits per heavy atom. The lowest BCUT2D eigenvalue weighted by atomic mass is 9.95. The Morgan fingerprint density at radius 3 is 2.90 bits per heavy atom. The zero-order chi connectivity index (χ0) is 15.4. The molecule has 0 aliphatic carbocycles. The van der Waals surface area contributed by atoms with Crippen molar-refractivity contribution in [2.45, 2.75) is 25.8 Å². The number of hydrogen-bond donors (Lipinski definition) is 1. The van der Waals surface area contributed by atoms with Gasteiger partial charge in [-0.25, -0.2) is 0 Å². The predicted molar refractivity (Wildman–Crippen MR) is 70.4 cm³/mol. The first-order valence-corrected chi connectivity index (χ1v) is 6.62. The first-order chi connectivity index (χ1) is 9.95. The Balaban J connectivity index is 1.92. The van der Waals surface area contributed by atoms with E-state index in [1.165, 1.54) is 10.9 Å². The number of likely N-dealkylation sites (tertiary alicyclic amines) is 1. The van der Waals surface area contributed by atoms with Crippen LogP contribution in [0.1, 0.15) is 19.3 Å². The Kier molecular flexibility index (Phi) is 4.51. The van der Waals surface area contributed by atoms with Gasteiger partial charge in [0.05, 0.1) is 4.92 Å². The molecule has 1 aliphatic rings. The van der Waals surface area contributed by atoms with Crippen molar-refractivity contribution >= 4 is 17.6 Å². The molecule has 1 aromatic heterocycles. The molecule has 1 saturated heterocycles. The fourth-order valence-corrected chi connectivity index (χ4v) is 2.48. The maximum atomic E-state index is 12.1. The van der Waals surface area contributed by atoms with E-state index in [2.05, 4.69) is 5.10 Å². The average Bonchev–Trinajstić information content (AvgIpc) is 2.87. The maximum Gasteiger partial charge on any atom is 0.307 e. The molecule has 0 spiro atoms. The predicted octanol–water partition coefficient (Wildman–Crippen LogP) is 0.505. The van der Waals surface area contributed by atoms with Crippen molar-refractivity contribution in [3.8, 4) is 0 Å². The van der Waals surface area contributed by atoms with Crippen molar-refractivity contribution in [3.63, 3.8) is 0 Å². The van der Waals surface area contributed by atoms with E-state index < -0.39 is 10.9 Å². The van der Waals surface area contributed by atoms with E-state index in [9.17, 15) is 19.7 Å². The number of rotatable bonds is 5. The molecule has 0 radical (unpaired) electrons. The zero-order valence-corrected chi connectivity index (χ0v) is 11.3. The fraction of sp³-hybridized carbons (Fsp3) is 0.583. The Morgan fingerprint density at radius 2 is 2.29 bits per heavy atom. The number of carbonyl (C=O) groups is 2. The second-order valence-electron chi connectivity index (χ2n) is 5.10. The third-order valence-electron chi connectivity index (χ3n) is 3.46. The molecule has 1 atom stereocenters. The summed E-state index contributed by atoms with van der Waals surface area (Å²) in [4.78, 5) is 34.4. The average molecular weight is 296 g/mol. The number of hydrogen-bond acceptors (Lipinski definition) is 5. The van der Waals surface area contributed by atoms with Crippen molar-refractivity contribution in [2.75, 3.05) is 13.1 Å². The van der Waals surface area contributed by atoms with Gasteiger partial charge in [0.15, 0.2) is 0 Å². The number of piperidine rings is 1. The summed E-state index contributed by atoms with van der Waals surface area (Å²) < 4.78 is 1.22. The van der Waals surface area contributed by atoms with Gasteiger partial charge < -0.3 is 10.0 Å². The summed E-state index contributed by atoms with van der Waals surface area (Å²) in [6, 6.07) is 0. The summed E-state index contributed by atoms with van der Waals surface area (Å²) in [5.41, 5.74) is -0.162. The molecule has 21 heavy (non-hydrogen) atoms. The molecule has 1 aliphatic heterocycles. The van der Waals surface area contributed by atoms with Crippen LogP contribution in [0.5, 0.6) is 0 Å². The normalized spacial score (nSPS) is 18.5. The number of aliphatic carboxylic acids is 1. The number of aromatic nitrogens is 2. The molecule has 2 rings (SSSR count). The monoisotopic (exact) mass is 296 g/mol. The molecular weight excluding hydrogens is 280 g/mol. The van der Waals surface area contributed by atoms with Crippen LogP contribution >= 0.6 is 0 Å². The molecule has 0 bridgehead atoms. The van der Waals surface area contributed by atoms with Crippen LogP contribution < -0.4 is 0 Å². The van der Waals surface area contributed by atoms with Gasteiger partial charge in [-0.3, -0.25) is 24.4 Å². The highest BCUT2D eigenvalue weighted by atomic mass is 16.6. The van der Waals surface area contributed by atoms with Gasteiger partial charge in [0.1, 0.15) is 18.9 Å². The minimum absolute atomic E-state index is 0.0350. The summed E-state index contributed by atoms with van der Waals surface area (Å²) in [5, 5.41) is 23.1. The highest BCUT2D eigenvalue weighted by molar-refractivity contribution is 5.76. The molecule has 2 heterocycles. The Hall–Kier alpha value is -2.45. The van der Waals surface area contributed by atoms with E-state index in [0.717, 1.165) is 19.0 Å². The van der Waals surface area contributed by atoms with E-state index in [1.807, 2.05) is 0 Å². The molecule has 1 amide bonds. The van der Waals surface area contributed by atoms with Gasteiger partial charge in [-0.15, -0.1) is 0 Å². The smallest absolute Gasteiger partial charge is 0.307 e. The number of nitro groups is 1. The Bertz CT molecular complexity index is 556. The van der Waals surface area contributed by atoms with Crippen molar-refractivity contribution in [1.82, 2.24) is 14.7 Å². The lowest BCUT2D eigenvalue weighted by Crippen LogP contribution is -2.42. The van der Waals surface area contributed by atoms with E-state index in [0.29, 0.717) is 13.1 Å². The van der Waals surface area contributed by atoms with Crippen molar-refractivity contribution in [3.05, 3.63) is 22.5 Å². The summed E-state index contributed by atoms with van der Waals surface area (Å²) in [6.45, 7) is 0.917. The minimum Gasteiger partial charge on any atom is -0.481 e. The number of carboxylic acids is 1. The van der Waals surface area contributed by atoms with Gasteiger partial charge in [-0.1, -0.05) is 0 Å². The van der Waals surface area contributed by atoms with Crippen molar-refractivity contribution in [1.29, 1.82) is 0 Å². The minimum atomic E-state index is -0.864. The third-order valence-corrected chi connectivity index (χ3v) is 3.46. The van der Waals surface area contributed by atoms with Crippen LogP contribution in [0.3, 0.4) is 0 Å². The second-order valence-corrected chi connectivity index (χ2v) is 5.10. The molecular formula is C12H16N4O5. The molecule has 1 unspecified atom stereocenters. The molecule has 9 nitrogen and oxygen atoms in total. The lowest BCUT2D eigenvalue weighted by Gasteiger charge is -2.32. The van der Waals surface area contributed by atoms with Gasteiger partial charge >= 0.3 is 11.7 Å². The van der Waals surface area contributed by atoms with Crippen molar-refractivity contribution < 1.29 is 19.6 Å². The summed E-state index contributed by atoms with van der Waals surface area (Å²) in [6.07, 6.45) is 3.91. The van der Waals surface area contributed by atoms with Crippen LogP contribution in [-0.4, -0.2) is 49.7 Å². The molecule has 9 heteroatoms. The standard InChI is InChI=1S/C12H16N4O5/c17-11(8-15-7-10(5-13-15)16(20)21)14-3-1-2-9(6-14)4-12(18)19/h5,7,9H,1-4,6,8H2,(H,18,19).